The van der Waals surface area contributed by atoms with Gasteiger partial charge in [0.25, 0.3) is 5.91 Å². The number of fused-ring (bicyclic) bond motifs is 1. The van der Waals surface area contributed by atoms with Crippen LogP contribution in [0.25, 0.3) is 0 Å². The van der Waals surface area contributed by atoms with Crippen molar-refractivity contribution in [1.29, 1.82) is 0 Å². The normalized spacial score (nSPS) is 20.3. The summed E-state index contributed by atoms with van der Waals surface area (Å²) in [5.74, 6) is 2.06. The average Bonchev–Trinajstić information content (AvgIpc) is 3.38. The van der Waals surface area contributed by atoms with Gasteiger partial charge in [0.1, 0.15) is 5.82 Å². The standard InChI is InChI=1S/C24H34N6O2/c1-27(2)22-19-17-30(23(31)21-9-6-16-32-21)11-10-20(19)25-24(26-22)29-14-12-28(13-15-29)18-7-4-3-5-8-18/h6,9,16,18H,3-5,7-8,10-15,17H2,1-2H3. The molecule has 0 spiro atoms. The van der Waals surface area contributed by atoms with Gasteiger partial charge in [-0.2, -0.15) is 4.98 Å². The molecule has 2 fully saturated rings. The summed E-state index contributed by atoms with van der Waals surface area (Å²) in [4.78, 5) is 31.6. The molecule has 1 amide bonds. The van der Waals surface area contributed by atoms with Crippen LogP contribution in [0.2, 0.25) is 0 Å². The Kier molecular flexibility index (Phi) is 6.04. The van der Waals surface area contributed by atoms with Crippen molar-refractivity contribution >= 4 is 17.7 Å². The van der Waals surface area contributed by atoms with Crippen molar-refractivity contribution in [3.05, 3.63) is 35.4 Å². The van der Waals surface area contributed by atoms with Crippen molar-refractivity contribution in [1.82, 2.24) is 19.8 Å². The van der Waals surface area contributed by atoms with Crippen molar-refractivity contribution in [2.75, 3.05) is 56.6 Å². The smallest absolute Gasteiger partial charge is 0.289 e. The minimum absolute atomic E-state index is 0.0757. The van der Waals surface area contributed by atoms with Crippen LogP contribution in [0.5, 0.6) is 0 Å². The summed E-state index contributed by atoms with van der Waals surface area (Å²) in [5, 5.41) is 0. The maximum atomic E-state index is 12.8. The van der Waals surface area contributed by atoms with E-state index in [9.17, 15) is 4.79 Å². The molecular weight excluding hydrogens is 404 g/mol. The van der Waals surface area contributed by atoms with E-state index < -0.39 is 0 Å². The van der Waals surface area contributed by atoms with E-state index in [0.29, 0.717) is 18.8 Å². The van der Waals surface area contributed by atoms with Crippen LogP contribution in [0, 0.1) is 0 Å². The number of carbonyl (C=O) groups excluding carboxylic acids is 1. The second-order valence-electron chi connectivity index (χ2n) is 9.44. The van der Waals surface area contributed by atoms with Crippen LogP contribution in [0.4, 0.5) is 11.8 Å². The van der Waals surface area contributed by atoms with Crippen LogP contribution < -0.4 is 9.80 Å². The van der Waals surface area contributed by atoms with Gasteiger partial charge in [-0.05, 0) is 25.0 Å². The molecule has 2 aromatic heterocycles. The van der Waals surface area contributed by atoms with Crippen LogP contribution in [0.15, 0.2) is 22.8 Å². The fourth-order valence-corrected chi connectivity index (χ4v) is 5.36. The highest BCUT2D eigenvalue weighted by Crippen LogP contribution is 2.30. The van der Waals surface area contributed by atoms with Gasteiger partial charge in [-0.1, -0.05) is 19.3 Å². The molecule has 0 aromatic carbocycles. The van der Waals surface area contributed by atoms with E-state index in [-0.39, 0.29) is 5.91 Å². The molecule has 8 nitrogen and oxygen atoms in total. The van der Waals surface area contributed by atoms with Crippen molar-refractivity contribution in [3.8, 4) is 0 Å². The number of aromatic nitrogens is 2. The lowest BCUT2D eigenvalue weighted by molar-refractivity contribution is 0.0701. The largest absolute Gasteiger partial charge is 0.459 e. The summed E-state index contributed by atoms with van der Waals surface area (Å²) >= 11 is 0. The molecule has 1 saturated heterocycles. The van der Waals surface area contributed by atoms with E-state index in [1.165, 1.54) is 32.1 Å². The van der Waals surface area contributed by atoms with Gasteiger partial charge in [0.05, 0.1) is 18.5 Å². The number of rotatable bonds is 4. The highest BCUT2D eigenvalue weighted by atomic mass is 16.3. The van der Waals surface area contributed by atoms with E-state index >= 15 is 0 Å². The fourth-order valence-electron chi connectivity index (χ4n) is 5.36. The van der Waals surface area contributed by atoms with Crippen LogP contribution >= 0.6 is 0 Å². The number of anilines is 2. The second kappa shape index (κ2) is 9.10. The molecule has 1 aliphatic carbocycles. The van der Waals surface area contributed by atoms with E-state index in [0.717, 1.165) is 61.7 Å². The number of furan rings is 1. The SMILES string of the molecule is CN(C)c1nc(N2CCN(C3CCCCC3)CC2)nc2c1CN(C(=O)c1ccco1)CC2. The summed E-state index contributed by atoms with van der Waals surface area (Å²) < 4.78 is 5.32. The number of amides is 1. The molecule has 5 rings (SSSR count). The molecule has 32 heavy (non-hydrogen) atoms. The second-order valence-corrected chi connectivity index (χ2v) is 9.44. The fraction of sp³-hybridized carbons (Fsp3) is 0.625. The Balaban J connectivity index is 1.32. The van der Waals surface area contributed by atoms with Gasteiger partial charge >= 0.3 is 0 Å². The van der Waals surface area contributed by atoms with Crippen molar-refractivity contribution in [2.45, 2.75) is 51.1 Å². The van der Waals surface area contributed by atoms with Gasteiger partial charge < -0.3 is 19.1 Å². The molecule has 172 valence electrons. The lowest BCUT2D eigenvalue weighted by atomic mass is 9.94. The molecule has 2 aromatic rings. The van der Waals surface area contributed by atoms with Crippen molar-refractivity contribution in [2.24, 2.45) is 0 Å². The van der Waals surface area contributed by atoms with Crippen LogP contribution in [-0.4, -0.2) is 78.5 Å². The Labute approximate surface area is 190 Å². The summed E-state index contributed by atoms with van der Waals surface area (Å²) in [6.45, 7) is 5.29. The number of piperazine rings is 1. The van der Waals surface area contributed by atoms with E-state index in [1.54, 1.807) is 18.4 Å². The van der Waals surface area contributed by atoms with Crippen molar-refractivity contribution in [3.63, 3.8) is 0 Å². The molecule has 4 heterocycles. The molecule has 1 saturated carbocycles. The zero-order valence-electron chi connectivity index (χ0n) is 19.3. The Morgan fingerprint density at radius 3 is 2.53 bits per heavy atom. The summed E-state index contributed by atoms with van der Waals surface area (Å²) in [6.07, 6.45) is 9.15. The predicted octanol–water partition coefficient (Wildman–Crippen LogP) is 2.79. The third-order valence-corrected chi connectivity index (χ3v) is 7.16. The average molecular weight is 439 g/mol. The Morgan fingerprint density at radius 1 is 1.06 bits per heavy atom. The van der Waals surface area contributed by atoms with Gasteiger partial charge in [-0.3, -0.25) is 9.69 Å². The Morgan fingerprint density at radius 2 is 1.84 bits per heavy atom. The number of nitrogens with zero attached hydrogens (tertiary/aromatic N) is 6. The zero-order valence-corrected chi connectivity index (χ0v) is 19.3. The minimum Gasteiger partial charge on any atom is -0.459 e. The molecule has 8 heteroatoms. The van der Waals surface area contributed by atoms with Crippen LogP contribution in [0.1, 0.15) is 53.9 Å². The monoisotopic (exact) mass is 438 g/mol. The molecule has 0 unspecified atom stereocenters. The van der Waals surface area contributed by atoms with Gasteiger partial charge in [0.15, 0.2) is 5.76 Å². The summed E-state index contributed by atoms with van der Waals surface area (Å²) in [6, 6.07) is 4.24. The first-order valence-corrected chi connectivity index (χ1v) is 12.0. The molecule has 2 aliphatic heterocycles. The zero-order chi connectivity index (χ0) is 22.1. The lowest BCUT2D eigenvalue weighted by Crippen LogP contribution is -2.51. The Bertz CT molecular complexity index is 930. The first-order valence-electron chi connectivity index (χ1n) is 12.0. The third-order valence-electron chi connectivity index (χ3n) is 7.16. The summed E-state index contributed by atoms with van der Waals surface area (Å²) in [7, 11) is 4.03. The van der Waals surface area contributed by atoms with E-state index in [1.807, 2.05) is 23.9 Å². The topological polar surface area (TPSA) is 69.0 Å². The molecule has 0 bridgehead atoms. The predicted molar refractivity (Wildman–Crippen MR) is 124 cm³/mol. The highest BCUT2D eigenvalue weighted by Gasteiger charge is 2.30. The van der Waals surface area contributed by atoms with E-state index in [2.05, 4.69) is 9.80 Å². The molecule has 0 N–H and O–H groups in total. The van der Waals surface area contributed by atoms with Gasteiger partial charge in [0, 0.05) is 64.8 Å². The number of hydrogen-bond acceptors (Lipinski definition) is 7. The third kappa shape index (κ3) is 4.20. The maximum absolute atomic E-state index is 12.8. The first-order chi connectivity index (χ1) is 15.6. The van der Waals surface area contributed by atoms with Gasteiger partial charge in [0.2, 0.25) is 5.95 Å². The van der Waals surface area contributed by atoms with Gasteiger partial charge in [-0.15, -0.1) is 0 Å². The summed E-state index contributed by atoms with van der Waals surface area (Å²) in [5.41, 5.74) is 2.11. The molecule has 0 atom stereocenters. The first kappa shape index (κ1) is 21.2. The Hall–Kier alpha value is -2.61. The molecular formula is C24H34N6O2. The number of carbonyl (C=O) groups is 1. The maximum Gasteiger partial charge on any atom is 0.289 e. The molecule has 0 radical (unpaired) electrons. The van der Waals surface area contributed by atoms with Gasteiger partial charge in [-0.25, -0.2) is 4.98 Å². The van der Waals surface area contributed by atoms with Crippen LogP contribution in [0.3, 0.4) is 0 Å². The highest BCUT2D eigenvalue weighted by molar-refractivity contribution is 5.91. The lowest BCUT2D eigenvalue weighted by Gasteiger charge is -2.41. The van der Waals surface area contributed by atoms with E-state index in [4.69, 9.17) is 14.4 Å². The minimum atomic E-state index is -0.0757. The quantitative estimate of drug-likeness (QED) is 0.727. The molecule has 3 aliphatic rings. The number of hydrogen-bond donors (Lipinski definition) is 0. The van der Waals surface area contributed by atoms with Crippen molar-refractivity contribution < 1.29 is 9.21 Å². The van der Waals surface area contributed by atoms with Crippen LogP contribution in [-0.2, 0) is 13.0 Å².